The smallest absolute Gasteiger partial charge is 0.190 e. The van der Waals surface area contributed by atoms with Crippen LogP contribution in [0.4, 0.5) is 8.78 Å². The molecule has 0 aliphatic heterocycles. The molecule has 0 unspecified atom stereocenters. The zero-order valence-corrected chi connectivity index (χ0v) is 16.9. The van der Waals surface area contributed by atoms with Crippen LogP contribution < -0.4 is 0 Å². The average molecular weight is 410 g/mol. The van der Waals surface area contributed by atoms with Crippen LogP contribution in [0.1, 0.15) is 40.0 Å². The number of rotatable bonds is 2. The largest absolute Gasteiger partial charge is 0.390 e. The Kier molecular flexibility index (Phi) is 4.34. The van der Waals surface area contributed by atoms with E-state index >= 15 is 8.78 Å². The van der Waals surface area contributed by atoms with E-state index in [-0.39, 0.29) is 24.8 Å². The maximum atomic E-state index is 16.9. The first kappa shape index (κ1) is 20.8. The van der Waals surface area contributed by atoms with E-state index in [4.69, 9.17) is 0 Å². The van der Waals surface area contributed by atoms with Gasteiger partial charge in [0.05, 0.1) is 6.10 Å². The van der Waals surface area contributed by atoms with E-state index in [1.807, 2.05) is 0 Å². The maximum Gasteiger partial charge on any atom is 0.190 e. The SMILES string of the molecule is C[C@H]1C[C@H]2[C@@H]3C[C@@H](F)C4=CC(=O)C=C[C@]4(C)[C@@]3(F)[C@H](O)C[C@]2(C)[C@]1(O)C(=O)CO. The van der Waals surface area contributed by atoms with E-state index in [2.05, 4.69) is 0 Å². The van der Waals surface area contributed by atoms with Crippen molar-refractivity contribution in [3.8, 4) is 0 Å². The van der Waals surface area contributed by atoms with Gasteiger partial charge in [-0.15, -0.1) is 0 Å². The minimum absolute atomic E-state index is 0.0409. The summed E-state index contributed by atoms with van der Waals surface area (Å²) in [6, 6.07) is 0. The second-order valence-electron chi connectivity index (χ2n) is 9.84. The van der Waals surface area contributed by atoms with E-state index in [0.717, 1.165) is 6.08 Å². The molecule has 0 aromatic heterocycles. The van der Waals surface area contributed by atoms with E-state index < -0.39 is 70.3 Å². The molecule has 29 heavy (non-hydrogen) atoms. The molecule has 0 aromatic carbocycles. The lowest BCUT2D eigenvalue weighted by atomic mass is 9.44. The van der Waals surface area contributed by atoms with Crippen LogP contribution in [0.2, 0.25) is 0 Å². The molecule has 4 aliphatic rings. The number of carbonyl (C=O) groups is 2. The van der Waals surface area contributed by atoms with E-state index in [0.29, 0.717) is 0 Å². The molecule has 0 radical (unpaired) electrons. The number of aliphatic hydroxyl groups excluding tert-OH is 2. The molecule has 0 aromatic rings. The fourth-order valence-electron chi connectivity index (χ4n) is 7.25. The lowest BCUT2D eigenvalue weighted by Gasteiger charge is -2.63. The van der Waals surface area contributed by atoms with Crippen LogP contribution in [0.15, 0.2) is 23.8 Å². The number of alkyl halides is 2. The summed E-state index contributed by atoms with van der Waals surface area (Å²) in [5.74, 6) is -3.24. The second kappa shape index (κ2) is 6.05. The van der Waals surface area contributed by atoms with Crippen LogP contribution in [0.25, 0.3) is 0 Å². The molecule has 3 N–H and O–H groups in total. The maximum absolute atomic E-state index is 16.9. The van der Waals surface area contributed by atoms with Crippen LogP contribution in [0.5, 0.6) is 0 Å². The molecule has 9 atom stereocenters. The summed E-state index contributed by atoms with van der Waals surface area (Å²) < 4.78 is 32.1. The van der Waals surface area contributed by atoms with E-state index in [1.165, 1.54) is 19.1 Å². The van der Waals surface area contributed by atoms with Crippen LogP contribution in [-0.2, 0) is 9.59 Å². The van der Waals surface area contributed by atoms with Gasteiger partial charge >= 0.3 is 0 Å². The number of halogens is 2. The topological polar surface area (TPSA) is 94.8 Å². The van der Waals surface area contributed by atoms with Crippen molar-refractivity contribution in [2.75, 3.05) is 6.61 Å². The van der Waals surface area contributed by atoms with Crippen LogP contribution in [-0.4, -0.2) is 57.0 Å². The Morgan fingerprint density at radius 1 is 1.28 bits per heavy atom. The number of hydrogen-bond acceptors (Lipinski definition) is 5. The summed E-state index contributed by atoms with van der Waals surface area (Å²) in [6.07, 6.45) is 0.427. The Morgan fingerprint density at radius 2 is 1.93 bits per heavy atom. The molecule has 0 saturated heterocycles. The van der Waals surface area contributed by atoms with Crippen LogP contribution >= 0.6 is 0 Å². The standard InChI is InChI=1S/C22H28F2O5/c1-11-6-13-14-8-16(23)15-7-12(26)4-5-19(15,2)21(14,24)17(27)9-20(13,3)22(11,29)18(28)10-25/h4-5,7,11,13-14,16-17,25,27,29H,6,8-10H2,1-3H3/t11-,13-,14-,16+,17+,19-,20-,21-,22+/m0/s1. The molecular formula is C22H28F2O5. The van der Waals surface area contributed by atoms with Crippen molar-refractivity contribution in [2.24, 2.45) is 28.6 Å². The van der Waals surface area contributed by atoms with Crippen molar-refractivity contribution in [2.45, 2.75) is 63.6 Å². The summed E-state index contributed by atoms with van der Waals surface area (Å²) in [5, 5.41) is 31.9. The third kappa shape index (κ3) is 2.19. The molecule has 3 saturated carbocycles. The van der Waals surface area contributed by atoms with Gasteiger partial charge in [-0.25, -0.2) is 8.78 Å². The van der Waals surface area contributed by atoms with E-state index in [9.17, 15) is 24.9 Å². The molecular weight excluding hydrogens is 382 g/mol. The first-order valence-corrected chi connectivity index (χ1v) is 10.2. The first-order chi connectivity index (χ1) is 13.4. The van der Waals surface area contributed by atoms with Gasteiger partial charge in [0.15, 0.2) is 17.2 Å². The minimum atomic E-state index is -2.24. The third-order valence-electron chi connectivity index (χ3n) is 8.78. The van der Waals surface area contributed by atoms with Crippen molar-refractivity contribution in [3.63, 3.8) is 0 Å². The van der Waals surface area contributed by atoms with E-state index in [1.54, 1.807) is 13.8 Å². The molecule has 5 nitrogen and oxygen atoms in total. The van der Waals surface area contributed by atoms with Gasteiger partial charge in [0, 0.05) is 16.7 Å². The van der Waals surface area contributed by atoms with Crippen molar-refractivity contribution in [3.05, 3.63) is 23.8 Å². The number of aliphatic hydroxyl groups is 3. The highest BCUT2D eigenvalue weighted by Crippen LogP contribution is 2.70. The van der Waals surface area contributed by atoms with Crippen molar-refractivity contribution in [1.82, 2.24) is 0 Å². The Hall–Kier alpha value is -1.44. The summed E-state index contributed by atoms with van der Waals surface area (Å²) in [6.45, 7) is 3.96. The molecule has 7 heteroatoms. The quantitative estimate of drug-likeness (QED) is 0.646. The third-order valence-corrected chi connectivity index (χ3v) is 8.78. The van der Waals surface area contributed by atoms with Crippen LogP contribution in [0, 0.1) is 28.6 Å². The molecule has 0 heterocycles. The zero-order chi connectivity index (χ0) is 21.6. The molecule has 3 fully saturated rings. The number of carbonyl (C=O) groups excluding carboxylic acids is 2. The van der Waals surface area contributed by atoms with Gasteiger partial charge in [0.25, 0.3) is 0 Å². The number of allylic oxidation sites excluding steroid dienone is 4. The molecule has 4 rings (SSSR count). The summed E-state index contributed by atoms with van der Waals surface area (Å²) in [4.78, 5) is 24.3. The van der Waals surface area contributed by atoms with Crippen molar-refractivity contribution >= 4 is 11.6 Å². The van der Waals surface area contributed by atoms with Crippen molar-refractivity contribution in [1.29, 1.82) is 0 Å². The van der Waals surface area contributed by atoms with Gasteiger partial charge in [-0.2, -0.15) is 0 Å². The number of ketones is 2. The number of fused-ring (bicyclic) bond motifs is 5. The Labute approximate surface area is 168 Å². The fourth-order valence-corrected chi connectivity index (χ4v) is 7.25. The molecule has 0 spiro atoms. The molecule has 4 aliphatic carbocycles. The van der Waals surface area contributed by atoms with Crippen LogP contribution in [0.3, 0.4) is 0 Å². The molecule has 160 valence electrons. The monoisotopic (exact) mass is 410 g/mol. The van der Waals surface area contributed by atoms with Gasteiger partial charge < -0.3 is 15.3 Å². The fraction of sp³-hybridized carbons (Fsp3) is 0.727. The Bertz CT molecular complexity index is 839. The second-order valence-corrected chi connectivity index (χ2v) is 9.84. The highest BCUT2D eigenvalue weighted by Gasteiger charge is 2.76. The van der Waals surface area contributed by atoms with Gasteiger partial charge in [-0.05, 0) is 55.7 Å². The predicted molar refractivity (Wildman–Crippen MR) is 100 cm³/mol. The Morgan fingerprint density at radius 3 is 2.55 bits per heavy atom. The van der Waals surface area contributed by atoms with Gasteiger partial charge in [-0.3, -0.25) is 9.59 Å². The van der Waals surface area contributed by atoms with Gasteiger partial charge in [0.1, 0.15) is 18.4 Å². The van der Waals surface area contributed by atoms with Gasteiger partial charge in [-0.1, -0.05) is 19.9 Å². The summed E-state index contributed by atoms with van der Waals surface area (Å²) in [7, 11) is 0. The lowest BCUT2D eigenvalue weighted by molar-refractivity contribution is -0.223. The molecule has 0 bridgehead atoms. The lowest BCUT2D eigenvalue weighted by Crippen LogP contribution is -2.70. The van der Waals surface area contributed by atoms with Gasteiger partial charge in [0.2, 0.25) is 0 Å². The predicted octanol–water partition coefficient (Wildman–Crippen LogP) is 1.84. The normalized spacial score (nSPS) is 53.7. The first-order valence-electron chi connectivity index (χ1n) is 10.2. The average Bonchev–Trinajstić information content (AvgIpc) is 2.86. The summed E-state index contributed by atoms with van der Waals surface area (Å²) in [5.41, 5.74) is -6.81. The molecule has 0 amide bonds. The number of Topliss-reactive ketones (excluding diaryl/α,β-unsaturated/α-hetero) is 1. The minimum Gasteiger partial charge on any atom is -0.390 e. The van der Waals surface area contributed by atoms with Crippen molar-refractivity contribution < 1.29 is 33.7 Å². The Balaban J connectivity index is 1.87. The summed E-state index contributed by atoms with van der Waals surface area (Å²) >= 11 is 0. The highest BCUT2D eigenvalue weighted by molar-refractivity contribution is 6.01. The number of hydrogen-bond donors (Lipinski definition) is 3. The zero-order valence-electron chi connectivity index (χ0n) is 16.9. The highest BCUT2D eigenvalue weighted by atomic mass is 19.1.